The van der Waals surface area contributed by atoms with Crippen molar-refractivity contribution in [3.05, 3.63) is 29.3 Å². The molecule has 1 aliphatic heterocycles. The average Bonchev–Trinajstić information content (AvgIpc) is 2.36. The van der Waals surface area contributed by atoms with Gasteiger partial charge in [-0.2, -0.15) is 0 Å². The molecule has 94 valence electrons. The molecule has 0 amide bonds. The van der Waals surface area contributed by atoms with Gasteiger partial charge in [-0.15, -0.1) is 11.8 Å². The number of fused-ring (bicyclic) bond motifs is 1. The molecule has 1 unspecified atom stereocenters. The van der Waals surface area contributed by atoms with E-state index in [0.29, 0.717) is 12.8 Å². The van der Waals surface area contributed by atoms with E-state index < -0.39 is 5.60 Å². The van der Waals surface area contributed by atoms with Crippen LogP contribution >= 0.6 is 11.8 Å². The molecule has 0 aromatic heterocycles. The largest absolute Gasteiger partial charge is 0.396 e. The topological polar surface area (TPSA) is 40.5 Å². The summed E-state index contributed by atoms with van der Waals surface area (Å²) in [5.74, 6) is 1.20. The number of aliphatic hydroxyl groups excluding tert-OH is 1. The van der Waals surface area contributed by atoms with Crippen molar-refractivity contribution >= 4 is 11.8 Å². The second-order valence-electron chi connectivity index (χ2n) is 4.88. The summed E-state index contributed by atoms with van der Waals surface area (Å²) in [6.07, 6.45) is 3.58. The number of hydrogen-bond acceptors (Lipinski definition) is 3. The molecule has 0 radical (unpaired) electrons. The van der Waals surface area contributed by atoms with Crippen molar-refractivity contribution in [2.75, 3.05) is 12.4 Å². The fourth-order valence-corrected chi connectivity index (χ4v) is 3.28. The van der Waals surface area contributed by atoms with Crippen LogP contribution in [-0.4, -0.2) is 22.6 Å². The highest BCUT2D eigenvalue weighted by atomic mass is 32.2. The summed E-state index contributed by atoms with van der Waals surface area (Å²) in [4.78, 5) is 1.36. The SMILES string of the molecule is CC(O)(CCCO)c1ccc2c(c1)CCCS2. The van der Waals surface area contributed by atoms with Gasteiger partial charge in [0.25, 0.3) is 0 Å². The Bertz CT molecular complexity index is 388. The number of hydrogen-bond donors (Lipinski definition) is 2. The van der Waals surface area contributed by atoms with E-state index in [1.165, 1.54) is 22.6 Å². The lowest BCUT2D eigenvalue weighted by Gasteiger charge is -2.26. The van der Waals surface area contributed by atoms with Crippen LogP contribution in [0, 0.1) is 0 Å². The summed E-state index contributed by atoms with van der Waals surface area (Å²) in [5, 5.41) is 19.3. The summed E-state index contributed by atoms with van der Waals surface area (Å²) in [5.41, 5.74) is 1.52. The fraction of sp³-hybridized carbons (Fsp3) is 0.571. The van der Waals surface area contributed by atoms with Crippen molar-refractivity contribution in [3.63, 3.8) is 0 Å². The molecule has 2 rings (SSSR count). The number of thioether (sulfide) groups is 1. The highest BCUT2D eigenvalue weighted by Crippen LogP contribution is 2.34. The Kier molecular flexibility index (Phi) is 4.13. The molecule has 2 nitrogen and oxygen atoms in total. The molecule has 3 heteroatoms. The predicted octanol–water partition coefficient (Wildman–Crippen LogP) is 2.70. The minimum Gasteiger partial charge on any atom is -0.396 e. The van der Waals surface area contributed by atoms with Crippen LogP contribution in [0.15, 0.2) is 23.1 Å². The lowest BCUT2D eigenvalue weighted by Crippen LogP contribution is -2.22. The number of aliphatic hydroxyl groups is 2. The third kappa shape index (κ3) is 3.03. The Morgan fingerprint density at radius 3 is 3.00 bits per heavy atom. The zero-order valence-corrected chi connectivity index (χ0v) is 11.1. The molecule has 17 heavy (non-hydrogen) atoms. The van der Waals surface area contributed by atoms with Crippen LogP contribution in [0.2, 0.25) is 0 Å². The van der Waals surface area contributed by atoms with E-state index in [1.807, 2.05) is 24.8 Å². The minimum absolute atomic E-state index is 0.136. The standard InChI is InChI=1S/C14H20O2S/c1-14(16,7-3-8-15)12-5-6-13-11(10-12)4-2-9-17-13/h5-6,10,15-16H,2-4,7-9H2,1H3. The monoisotopic (exact) mass is 252 g/mol. The minimum atomic E-state index is -0.820. The van der Waals surface area contributed by atoms with E-state index in [4.69, 9.17) is 5.11 Å². The van der Waals surface area contributed by atoms with Crippen molar-refractivity contribution in [3.8, 4) is 0 Å². The molecule has 0 bridgehead atoms. The van der Waals surface area contributed by atoms with Crippen molar-refractivity contribution in [1.29, 1.82) is 0 Å². The Morgan fingerprint density at radius 1 is 1.41 bits per heavy atom. The maximum Gasteiger partial charge on any atom is 0.0869 e. The number of benzene rings is 1. The van der Waals surface area contributed by atoms with Gasteiger partial charge >= 0.3 is 0 Å². The van der Waals surface area contributed by atoms with Crippen LogP contribution in [0.1, 0.15) is 37.3 Å². The molecule has 1 aliphatic rings. The van der Waals surface area contributed by atoms with E-state index in [0.717, 1.165) is 12.0 Å². The van der Waals surface area contributed by atoms with Gasteiger partial charge in [-0.25, -0.2) is 0 Å². The van der Waals surface area contributed by atoms with Gasteiger partial charge in [-0.3, -0.25) is 0 Å². The zero-order valence-electron chi connectivity index (χ0n) is 10.3. The number of rotatable bonds is 4. The Hall–Kier alpha value is -0.510. The molecule has 1 atom stereocenters. The highest BCUT2D eigenvalue weighted by molar-refractivity contribution is 7.99. The van der Waals surface area contributed by atoms with E-state index in [2.05, 4.69) is 12.1 Å². The molecule has 0 aliphatic carbocycles. The van der Waals surface area contributed by atoms with Gasteiger partial charge in [0, 0.05) is 11.5 Å². The van der Waals surface area contributed by atoms with Crippen molar-refractivity contribution in [2.24, 2.45) is 0 Å². The van der Waals surface area contributed by atoms with Crippen LogP contribution in [0.25, 0.3) is 0 Å². The van der Waals surface area contributed by atoms with Crippen molar-refractivity contribution < 1.29 is 10.2 Å². The zero-order chi connectivity index (χ0) is 12.3. The lowest BCUT2D eigenvalue weighted by molar-refractivity contribution is 0.0402. The highest BCUT2D eigenvalue weighted by Gasteiger charge is 2.23. The van der Waals surface area contributed by atoms with Crippen LogP contribution in [-0.2, 0) is 12.0 Å². The Morgan fingerprint density at radius 2 is 2.24 bits per heavy atom. The van der Waals surface area contributed by atoms with E-state index in [1.54, 1.807) is 0 Å². The predicted molar refractivity (Wildman–Crippen MR) is 71.4 cm³/mol. The summed E-state index contributed by atoms with van der Waals surface area (Å²) in [7, 11) is 0. The van der Waals surface area contributed by atoms with Crippen molar-refractivity contribution in [1.82, 2.24) is 0 Å². The molecule has 1 heterocycles. The first-order chi connectivity index (χ1) is 8.13. The van der Waals surface area contributed by atoms with Gasteiger partial charge in [0.15, 0.2) is 0 Å². The number of aryl methyl sites for hydroxylation is 1. The van der Waals surface area contributed by atoms with Crippen molar-refractivity contribution in [2.45, 2.75) is 43.1 Å². The fourth-order valence-electron chi connectivity index (χ4n) is 2.26. The van der Waals surface area contributed by atoms with Crippen LogP contribution in [0.3, 0.4) is 0 Å². The third-order valence-corrected chi connectivity index (χ3v) is 4.55. The summed E-state index contributed by atoms with van der Waals surface area (Å²) in [6.45, 7) is 1.97. The molecule has 1 aromatic carbocycles. The lowest BCUT2D eigenvalue weighted by atomic mass is 9.89. The van der Waals surface area contributed by atoms with Gasteiger partial charge in [-0.1, -0.05) is 12.1 Å². The molecule has 0 spiro atoms. The second kappa shape index (κ2) is 5.42. The van der Waals surface area contributed by atoms with E-state index >= 15 is 0 Å². The maximum atomic E-state index is 10.4. The smallest absolute Gasteiger partial charge is 0.0869 e. The molecular weight excluding hydrogens is 232 g/mol. The normalized spacial score (nSPS) is 18.5. The Balaban J connectivity index is 2.20. The average molecular weight is 252 g/mol. The molecular formula is C14H20O2S. The Labute approximate surface area is 107 Å². The van der Waals surface area contributed by atoms with Gasteiger partial charge in [0.05, 0.1) is 5.60 Å². The second-order valence-corrected chi connectivity index (χ2v) is 6.01. The molecule has 0 saturated carbocycles. The van der Waals surface area contributed by atoms with Gasteiger partial charge in [0.2, 0.25) is 0 Å². The third-order valence-electron chi connectivity index (χ3n) is 3.35. The maximum absolute atomic E-state index is 10.4. The molecule has 2 N–H and O–H groups in total. The molecule has 0 fully saturated rings. The van der Waals surface area contributed by atoms with E-state index in [9.17, 15) is 5.11 Å². The van der Waals surface area contributed by atoms with Crippen LogP contribution < -0.4 is 0 Å². The van der Waals surface area contributed by atoms with Gasteiger partial charge < -0.3 is 10.2 Å². The van der Waals surface area contributed by atoms with Gasteiger partial charge in [-0.05, 0) is 55.6 Å². The van der Waals surface area contributed by atoms with E-state index in [-0.39, 0.29) is 6.61 Å². The first kappa shape index (κ1) is 12.9. The summed E-state index contributed by atoms with van der Waals surface area (Å²) < 4.78 is 0. The van der Waals surface area contributed by atoms with Crippen LogP contribution in [0.4, 0.5) is 0 Å². The molecule has 0 saturated heterocycles. The first-order valence-corrected chi connectivity index (χ1v) is 7.21. The summed E-state index contributed by atoms with van der Waals surface area (Å²) >= 11 is 1.90. The summed E-state index contributed by atoms with van der Waals surface area (Å²) in [6, 6.07) is 6.29. The quantitative estimate of drug-likeness (QED) is 0.865. The molecule has 1 aromatic rings. The van der Waals surface area contributed by atoms with Gasteiger partial charge in [0.1, 0.15) is 0 Å². The van der Waals surface area contributed by atoms with Crippen LogP contribution in [0.5, 0.6) is 0 Å². The first-order valence-electron chi connectivity index (χ1n) is 6.23.